The molecule has 0 saturated heterocycles. The van der Waals surface area contributed by atoms with Crippen molar-refractivity contribution in [1.29, 1.82) is 0 Å². The predicted molar refractivity (Wildman–Crippen MR) is 217 cm³/mol. The minimum absolute atomic E-state index is 0.338. The summed E-state index contributed by atoms with van der Waals surface area (Å²) in [5, 5.41) is 0. The van der Waals surface area contributed by atoms with Gasteiger partial charge in [0.25, 0.3) is 0 Å². The fourth-order valence-electron chi connectivity index (χ4n) is 7.78. The zero-order chi connectivity index (χ0) is 35.0. The van der Waals surface area contributed by atoms with Crippen LogP contribution in [0.4, 0.5) is 0 Å². The average molecular weight is 807 g/mol. The maximum Gasteiger partial charge on any atom is 0.183 e. The first-order valence-corrected chi connectivity index (χ1v) is 27.5. The van der Waals surface area contributed by atoms with Gasteiger partial charge in [0.2, 0.25) is 0 Å². The minimum Gasteiger partial charge on any atom is -0.418 e. The summed E-state index contributed by atoms with van der Waals surface area (Å²) in [6.45, 7) is 34.7. The molecule has 4 unspecified atom stereocenters. The molecule has 2 saturated carbocycles. The fourth-order valence-corrected chi connectivity index (χ4v) is 11.0. The summed E-state index contributed by atoms with van der Waals surface area (Å²) < 4.78 is 12.8. The molecule has 0 aromatic rings. The Labute approximate surface area is 305 Å². The Bertz CT molecular complexity index is 845. The highest BCUT2D eigenvalue weighted by Crippen LogP contribution is 2.44. The van der Waals surface area contributed by atoms with Crippen LogP contribution in [0, 0.1) is 47.3 Å². The molecule has 0 aliphatic heterocycles. The Kier molecular flexibility index (Phi) is 18.0. The van der Waals surface area contributed by atoms with E-state index in [1.165, 1.54) is 37.1 Å². The third kappa shape index (κ3) is 14.5. The molecule has 2 rings (SSSR count). The Hall–Kier alpha value is 0.654. The van der Waals surface area contributed by atoms with Gasteiger partial charge in [-0.1, -0.05) is 87.2 Å². The lowest BCUT2D eigenvalue weighted by atomic mass is 9.68. The lowest BCUT2D eigenvalue weighted by Gasteiger charge is -2.43. The quantitative estimate of drug-likeness (QED) is 0.0636. The van der Waals surface area contributed by atoms with E-state index in [1.54, 1.807) is 0 Å². The van der Waals surface area contributed by atoms with E-state index in [4.69, 9.17) is 18.8 Å². The number of halogens is 2. The number of alkyl halides is 2. The van der Waals surface area contributed by atoms with E-state index in [2.05, 4.69) is 127 Å². The van der Waals surface area contributed by atoms with Crippen molar-refractivity contribution in [1.82, 2.24) is 0 Å². The molecule has 46 heavy (non-hydrogen) atoms. The second-order valence-electron chi connectivity index (χ2n) is 18.0. The Balaban J connectivity index is 2.70. The molecule has 4 nitrogen and oxygen atoms in total. The van der Waals surface area contributed by atoms with Crippen molar-refractivity contribution in [2.75, 3.05) is 13.2 Å². The van der Waals surface area contributed by atoms with Gasteiger partial charge in [-0.15, -0.1) is 0 Å². The Morgan fingerprint density at radius 1 is 0.543 bits per heavy atom. The predicted octanol–water partition coefficient (Wildman–Crippen LogP) is 12.1. The van der Waals surface area contributed by atoms with E-state index >= 15 is 0 Å². The maximum atomic E-state index is 6.39. The van der Waals surface area contributed by atoms with E-state index < -0.39 is 16.6 Å². The lowest BCUT2D eigenvalue weighted by molar-refractivity contribution is 0.147. The van der Waals surface area contributed by atoms with E-state index in [1.807, 2.05) is 0 Å². The summed E-state index contributed by atoms with van der Waals surface area (Å²) in [4.78, 5) is 13.0. The van der Waals surface area contributed by atoms with Crippen LogP contribution < -0.4 is 0 Å². The van der Waals surface area contributed by atoms with Crippen molar-refractivity contribution in [3.63, 3.8) is 0 Å². The van der Waals surface area contributed by atoms with Crippen LogP contribution in [0.1, 0.15) is 107 Å². The molecule has 0 aromatic heterocycles. The molecule has 2 fully saturated rings. The number of nitrogens with zero attached hydrogens (tertiary/aromatic N) is 2. The minimum atomic E-state index is -1.58. The van der Waals surface area contributed by atoms with Gasteiger partial charge in [0.15, 0.2) is 16.6 Å². The fraction of sp³-hybridized carbons (Fsp3) is 0.947. The van der Waals surface area contributed by atoms with Gasteiger partial charge in [0.05, 0.1) is 23.5 Å². The molecule has 0 spiro atoms. The first-order valence-electron chi connectivity index (χ1n) is 18.9. The molecule has 0 bridgehead atoms. The van der Waals surface area contributed by atoms with Crippen molar-refractivity contribution >= 4 is 59.9 Å². The zero-order valence-electron chi connectivity index (χ0n) is 32.5. The topological polar surface area (TPSA) is 43.2 Å². The highest BCUT2D eigenvalue weighted by Gasteiger charge is 2.42. The van der Waals surface area contributed by atoms with Gasteiger partial charge in [-0.2, -0.15) is 0 Å². The second kappa shape index (κ2) is 19.3. The van der Waals surface area contributed by atoms with Crippen molar-refractivity contribution in [2.24, 2.45) is 57.3 Å². The molecule has 0 heterocycles. The molecule has 8 heteroatoms. The molecule has 2 aliphatic rings. The number of aliphatic imine (C=N–C) groups is 2. The van der Waals surface area contributed by atoms with Crippen LogP contribution >= 0.6 is 31.9 Å². The summed E-state index contributed by atoms with van der Waals surface area (Å²) in [5.74, 6) is 4.70. The highest BCUT2D eigenvalue weighted by molar-refractivity contribution is 9.09. The highest BCUT2D eigenvalue weighted by atomic mass is 79.9. The summed E-state index contributed by atoms with van der Waals surface area (Å²) in [5.41, 5.74) is 2.57. The normalized spacial score (nSPS) is 30.7. The molecular formula is C38H74Br2N2O2Si2. The molecule has 0 amide bonds. The average Bonchev–Trinajstić information content (AvgIpc) is 2.91. The standard InChI is InChI=1S/C38H74Br2N2O2Si2/c1-25(2)31-21-29(39)22-32(26(3)4)37(31)41-35(17-15-19-43-45(9,10)11)36(18-16-20-44-46(12,13)14)42-38-33(27(5)6)23-30(40)24-34(38)28(7)8/h25-34,37-38H,15-24H2,1-14H3. The third-order valence-corrected chi connectivity index (χ3v) is 14.1. The smallest absolute Gasteiger partial charge is 0.183 e. The van der Waals surface area contributed by atoms with Gasteiger partial charge < -0.3 is 8.85 Å². The van der Waals surface area contributed by atoms with Crippen LogP contribution in [0.5, 0.6) is 0 Å². The largest absolute Gasteiger partial charge is 0.418 e. The number of hydrogen-bond acceptors (Lipinski definition) is 4. The molecule has 4 atom stereocenters. The number of hydrogen-bond donors (Lipinski definition) is 0. The third-order valence-electron chi connectivity index (χ3n) is 10.4. The van der Waals surface area contributed by atoms with Crippen LogP contribution in [0.25, 0.3) is 0 Å². The molecule has 270 valence electrons. The summed E-state index contributed by atoms with van der Waals surface area (Å²) in [7, 11) is -3.16. The number of rotatable bonds is 17. The van der Waals surface area contributed by atoms with E-state index in [0.717, 1.165) is 38.9 Å². The van der Waals surface area contributed by atoms with Crippen molar-refractivity contribution in [3.8, 4) is 0 Å². The second-order valence-corrected chi connectivity index (χ2v) is 29.6. The van der Waals surface area contributed by atoms with Crippen LogP contribution in [-0.2, 0) is 8.85 Å². The summed E-state index contributed by atoms with van der Waals surface area (Å²) >= 11 is 8.14. The Morgan fingerprint density at radius 2 is 0.804 bits per heavy atom. The van der Waals surface area contributed by atoms with Crippen molar-refractivity contribution in [2.45, 2.75) is 168 Å². The molecule has 0 aromatic carbocycles. The van der Waals surface area contributed by atoms with Gasteiger partial charge in [0, 0.05) is 22.9 Å². The van der Waals surface area contributed by atoms with Gasteiger partial charge in [-0.3, -0.25) is 9.98 Å². The molecule has 2 aliphatic carbocycles. The van der Waals surface area contributed by atoms with E-state index in [-0.39, 0.29) is 0 Å². The molecule has 0 N–H and O–H groups in total. The van der Waals surface area contributed by atoms with E-state index in [0.29, 0.717) is 69.1 Å². The zero-order valence-corrected chi connectivity index (χ0v) is 37.6. The molecular weight excluding hydrogens is 732 g/mol. The summed E-state index contributed by atoms with van der Waals surface area (Å²) in [6, 6.07) is 0.676. The van der Waals surface area contributed by atoms with Gasteiger partial charge in [0.1, 0.15) is 0 Å². The van der Waals surface area contributed by atoms with Gasteiger partial charge >= 0.3 is 0 Å². The van der Waals surface area contributed by atoms with Crippen LogP contribution in [0.2, 0.25) is 39.3 Å². The van der Waals surface area contributed by atoms with Crippen molar-refractivity contribution in [3.05, 3.63) is 0 Å². The van der Waals surface area contributed by atoms with E-state index in [9.17, 15) is 0 Å². The molecule has 0 radical (unpaired) electrons. The SMILES string of the molecule is CC(C)C1CC(Br)CC(C(C)C)C1N=C(CCCO[Si](C)(C)C)C(CCCO[Si](C)(C)C)=NC1C(C(C)C)CC(Br)CC1C(C)C. The van der Waals surface area contributed by atoms with Crippen molar-refractivity contribution < 1.29 is 8.85 Å². The Morgan fingerprint density at radius 3 is 1.02 bits per heavy atom. The lowest BCUT2D eigenvalue weighted by Crippen LogP contribution is -2.43. The van der Waals surface area contributed by atoms with Crippen LogP contribution in [0.3, 0.4) is 0 Å². The van der Waals surface area contributed by atoms with Gasteiger partial charge in [-0.05, 0) is 138 Å². The monoisotopic (exact) mass is 804 g/mol. The van der Waals surface area contributed by atoms with Gasteiger partial charge in [-0.25, -0.2) is 0 Å². The van der Waals surface area contributed by atoms with Crippen LogP contribution in [0.15, 0.2) is 9.98 Å². The van der Waals surface area contributed by atoms with Crippen LogP contribution in [-0.4, -0.2) is 63.0 Å². The summed E-state index contributed by atoms with van der Waals surface area (Å²) in [6.07, 6.45) is 8.75. The first kappa shape index (κ1) is 42.8. The maximum absolute atomic E-state index is 6.39. The first-order chi connectivity index (χ1) is 21.2.